The summed E-state index contributed by atoms with van der Waals surface area (Å²) >= 11 is 1.58. The van der Waals surface area contributed by atoms with E-state index in [4.69, 9.17) is 9.84 Å². The molecule has 1 fully saturated rings. The number of piperidine rings is 1. The molecule has 4 rings (SSSR count). The van der Waals surface area contributed by atoms with E-state index >= 15 is 0 Å². The van der Waals surface area contributed by atoms with Gasteiger partial charge in [-0.15, -0.1) is 11.3 Å². The van der Waals surface area contributed by atoms with Gasteiger partial charge in [-0.25, -0.2) is 0 Å². The lowest BCUT2D eigenvalue weighted by molar-refractivity contribution is 0.0879. The number of carbonyl (C=O) groups is 1. The fraction of sp³-hybridized carbons (Fsp3) is 0.458. The second kappa shape index (κ2) is 9.81. The number of unbranched alkanes of at least 4 members (excludes halogenated alkanes) is 1. The first-order valence-corrected chi connectivity index (χ1v) is 11.5. The predicted molar refractivity (Wildman–Crippen MR) is 118 cm³/mol. The van der Waals surface area contributed by atoms with Crippen molar-refractivity contribution >= 4 is 22.7 Å². The van der Waals surface area contributed by atoms with Gasteiger partial charge in [0.2, 0.25) is 0 Å². The minimum Gasteiger partial charge on any atom is -0.394 e. The minimum atomic E-state index is 0.101. The third-order valence-electron chi connectivity index (χ3n) is 5.89. The Kier molecular flexibility index (Phi) is 6.93. The van der Waals surface area contributed by atoms with Crippen LogP contribution in [0.5, 0.6) is 0 Å². The molecule has 1 aromatic heterocycles. The third-order valence-corrected chi connectivity index (χ3v) is 6.84. The van der Waals surface area contributed by atoms with Gasteiger partial charge in [-0.05, 0) is 60.4 Å². The standard InChI is InChI=1S/C24H29NO3S/c26-13-15-28-14-4-3-10-25-11-7-18(8-12-25)23-20-6-2-1-5-19(20)17-22(27)24-21(23)9-16-29-24/h1-2,5-6,9,16,26H,3-4,7-8,10-15,17H2. The Hall–Kier alpha value is -1.79. The fourth-order valence-corrected chi connectivity index (χ4v) is 5.26. The van der Waals surface area contributed by atoms with Gasteiger partial charge in [0.05, 0.1) is 18.1 Å². The molecular weight excluding hydrogens is 382 g/mol. The number of hydrogen-bond acceptors (Lipinski definition) is 5. The molecule has 2 aromatic rings. The van der Waals surface area contributed by atoms with Crippen molar-refractivity contribution < 1.29 is 14.6 Å². The lowest BCUT2D eigenvalue weighted by atomic mass is 9.87. The lowest BCUT2D eigenvalue weighted by Gasteiger charge is -2.30. The normalized spacial score (nSPS) is 17.2. The Morgan fingerprint density at radius 3 is 2.69 bits per heavy atom. The molecule has 0 amide bonds. The summed E-state index contributed by atoms with van der Waals surface area (Å²) in [4.78, 5) is 16.2. The van der Waals surface area contributed by atoms with Crippen LogP contribution in [0, 0.1) is 0 Å². The monoisotopic (exact) mass is 411 g/mol. The molecule has 0 bridgehead atoms. The van der Waals surface area contributed by atoms with E-state index in [2.05, 4.69) is 34.5 Å². The fourth-order valence-electron chi connectivity index (χ4n) is 4.42. The quantitative estimate of drug-likeness (QED) is 0.695. The molecule has 1 N–H and O–H groups in total. The molecule has 1 aliphatic carbocycles. The molecular formula is C24H29NO3S. The van der Waals surface area contributed by atoms with Crippen molar-refractivity contribution in [3.05, 3.63) is 62.9 Å². The zero-order chi connectivity index (χ0) is 20.1. The van der Waals surface area contributed by atoms with Crippen LogP contribution < -0.4 is 0 Å². The Bertz CT molecular complexity index is 876. The van der Waals surface area contributed by atoms with Gasteiger partial charge in [-0.3, -0.25) is 4.79 Å². The Morgan fingerprint density at radius 2 is 1.86 bits per heavy atom. The van der Waals surface area contributed by atoms with E-state index in [0.29, 0.717) is 13.0 Å². The van der Waals surface area contributed by atoms with Crippen molar-refractivity contribution in [2.75, 3.05) is 39.5 Å². The molecule has 4 nitrogen and oxygen atoms in total. The number of rotatable bonds is 7. The first-order valence-electron chi connectivity index (χ1n) is 10.6. The Morgan fingerprint density at radius 1 is 1.03 bits per heavy atom. The maximum atomic E-state index is 12.8. The van der Waals surface area contributed by atoms with E-state index in [1.807, 2.05) is 6.07 Å². The molecule has 0 atom stereocenters. The number of fused-ring (bicyclic) bond motifs is 2. The van der Waals surface area contributed by atoms with Crippen molar-refractivity contribution in [2.45, 2.75) is 32.1 Å². The van der Waals surface area contributed by atoms with Crippen LogP contribution in [0.1, 0.15) is 52.0 Å². The molecule has 0 saturated carbocycles. The van der Waals surface area contributed by atoms with Crippen LogP contribution >= 0.6 is 11.3 Å². The lowest BCUT2D eigenvalue weighted by Crippen LogP contribution is -2.32. The summed E-state index contributed by atoms with van der Waals surface area (Å²) in [6.45, 7) is 4.52. The maximum absolute atomic E-state index is 12.8. The van der Waals surface area contributed by atoms with E-state index in [0.717, 1.165) is 67.9 Å². The highest BCUT2D eigenvalue weighted by atomic mass is 32.1. The summed E-state index contributed by atoms with van der Waals surface area (Å²) in [5.41, 5.74) is 6.37. The number of likely N-dealkylation sites (tertiary alicyclic amines) is 1. The van der Waals surface area contributed by atoms with E-state index in [-0.39, 0.29) is 12.4 Å². The van der Waals surface area contributed by atoms with E-state index in [9.17, 15) is 4.79 Å². The van der Waals surface area contributed by atoms with Crippen LogP contribution in [-0.4, -0.2) is 55.2 Å². The number of ketones is 1. The van der Waals surface area contributed by atoms with Crippen molar-refractivity contribution in [3.8, 4) is 0 Å². The van der Waals surface area contributed by atoms with Crippen molar-refractivity contribution in [1.29, 1.82) is 0 Å². The molecule has 0 spiro atoms. The van der Waals surface area contributed by atoms with Gasteiger partial charge < -0.3 is 14.7 Å². The average Bonchev–Trinajstić information content (AvgIpc) is 3.18. The topological polar surface area (TPSA) is 49.8 Å². The van der Waals surface area contributed by atoms with Gasteiger partial charge in [-0.1, -0.05) is 29.8 Å². The van der Waals surface area contributed by atoms with Gasteiger partial charge in [0, 0.05) is 31.7 Å². The van der Waals surface area contributed by atoms with Gasteiger partial charge in [-0.2, -0.15) is 0 Å². The summed E-state index contributed by atoms with van der Waals surface area (Å²) in [6.07, 6.45) is 4.80. The number of hydrogen-bond donors (Lipinski definition) is 1. The molecule has 29 heavy (non-hydrogen) atoms. The van der Waals surface area contributed by atoms with Gasteiger partial charge in [0.15, 0.2) is 5.78 Å². The maximum Gasteiger partial charge on any atom is 0.177 e. The first-order chi connectivity index (χ1) is 14.3. The molecule has 0 radical (unpaired) electrons. The van der Waals surface area contributed by atoms with Crippen LogP contribution in [0.4, 0.5) is 0 Å². The summed E-state index contributed by atoms with van der Waals surface area (Å²) in [5.74, 6) is 0.249. The van der Waals surface area contributed by atoms with Gasteiger partial charge in [0.25, 0.3) is 0 Å². The molecule has 0 unspecified atom stereocenters. The highest BCUT2D eigenvalue weighted by molar-refractivity contribution is 7.12. The van der Waals surface area contributed by atoms with E-state index < -0.39 is 0 Å². The molecule has 1 aromatic carbocycles. The number of benzene rings is 1. The number of Topliss-reactive ketones (excluding diaryl/α,β-unsaturated/α-hetero) is 1. The Labute approximate surface area is 176 Å². The van der Waals surface area contributed by atoms with Crippen molar-refractivity contribution in [3.63, 3.8) is 0 Å². The largest absolute Gasteiger partial charge is 0.394 e. The minimum absolute atomic E-state index is 0.101. The molecule has 1 aliphatic heterocycles. The smallest absolute Gasteiger partial charge is 0.177 e. The summed E-state index contributed by atoms with van der Waals surface area (Å²) in [7, 11) is 0. The highest BCUT2D eigenvalue weighted by Crippen LogP contribution is 2.40. The number of thiophene rings is 1. The summed E-state index contributed by atoms with van der Waals surface area (Å²) in [6, 6.07) is 10.6. The molecule has 2 heterocycles. The number of ether oxygens (including phenoxy) is 1. The zero-order valence-corrected chi connectivity index (χ0v) is 17.7. The van der Waals surface area contributed by atoms with Crippen LogP contribution in [-0.2, 0) is 11.2 Å². The van der Waals surface area contributed by atoms with Crippen molar-refractivity contribution in [1.82, 2.24) is 4.90 Å². The van der Waals surface area contributed by atoms with E-state index in [1.165, 1.54) is 16.7 Å². The molecule has 1 saturated heterocycles. The van der Waals surface area contributed by atoms with Crippen LogP contribution in [0.3, 0.4) is 0 Å². The number of aliphatic hydroxyl groups excluding tert-OH is 1. The second-order valence-corrected chi connectivity index (χ2v) is 8.70. The van der Waals surface area contributed by atoms with Gasteiger partial charge >= 0.3 is 0 Å². The Balaban J connectivity index is 1.48. The number of carbonyl (C=O) groups excluding carboxylic acids is 1. The second-order valence-electron chi connectivity index (χ2n) is 7.78. The van der Waals surface area contributed by atoms with E-state index in [1.54, 1.807) is 11.3 Å². The summed E-state index contributed by atoms with van der Waals surface area (Å²) in [5, 5.41) is 10.8. The zero-order valence-electron chi connectivity index (χ0n) is 16.9. The SMILES string of the molecule is O=C1Cc2ccccc2C(=C2CCN(CCCCOCCO)CC2)c2ccsc21. The number of nitrogens with zero attached hydrogens (tertiary/aromatic N) is 1. The first kappa shape index (κ1) is 20.5. The average molecular weight is 412 g/mol. The highest BCUT2D eigenvalue weighted by Gasteiger charge is 2.27. The predicted octanol–water partition coefficient (Wildman–Crippen LogP) is 4.17. The molecule has 2 aliphatic rings. The summed E-state index contributed by atoms with van der Waals surface area (Å²) < 4.78 is 5.35. The van der Waals surface area contributed by atoms with Gasteiger partial charge in [0.1, 0.15) is 0 Å². The number of aliphatic hydroxyl groups is 1. The van der Waals surface area contributed by atoms with Crippen molar-refractivity contribution in [2.24, 2.45) is 0 Å². The molecule has 154 valence electrons. The van der Waals surface area contributed by atoms with Crippen LogP contribution in [0.2, 0.25) is 0 Å². The van der Waals surface area contributed by atoms with Crippen LogP contribution in [0.15, 0.2) is 41.3 Å². The molecule has 5 heteroatoms. The third kappa shape index (κ3) is 4.69. The van der Waals surface area contributed by atoms with Crippen LogP contribution in [0.25, 0.3) is 5.57 Å².